The molecule has 0 radical (unpaired) electrons. The molecule has 2 aromatic carbocycles. The van der Waals surface area contributed by atoms with Crippen LogP contribution in [0.5, 0.6) is 5.75 Å². The Labute approximate surface area is 175 Å². The Morgan fingerprint density at radius 2 is 1.83 bits per heavy atom. The molecule has 1 N–H and O–H groups in total. The van der Waals surface area contributed by atoms with Crippen LogP contribution in [0.3, 0.4) is 0 Å². The zero-order chi connectivity index (χ0) is 20.8. The number of nitrogens with one attached hydrogen (secondary N) is 1. The Morgan fingerprint density at radius 3 is 2.45 bits per heavy atom. The van der Waals surface area contributed by atoms with Crippen LogP contribution < -0.4 is 10.1 Å². The molecular weight excluding hydrogens is 384 g/mol. The third-order valence-electron chi connectivity index (χ3n) is 4.47. The first-order valence-electron chi connectivity index (χ1n) is 9.64. The molecule has 0 saturated carbocycles. The van der Waals surface area contributed by atoms with Crippen molar-refractivity contribution in [1.82, 2.24) is 20.1 Å². The number of ether oxygens (including phenoxy) is 1. The summed E-state index contributed by atoms with van der Waals surface area (Å²) < 4.78 is 7.25. The lowest BCUT2D eigenvalue weighted by Crippen LogP contribution is -2.31. The van der Waals surface area contributed by atoms with Crippen molar-refractivity contribution in [1.29, 1.82) is 0 Å². The Balaban J connectivity index is 1.99. The van der Waals surface area contributed by atoms with E-state index in [1.807, 2.05) is 54.8 Å². The highest BCUT2D eigenvalue weighted by atomic mass is 32.2. The largest absolute Gasteiger partial charge is 0.497 e. The van der Waals surface area contributed by atoms with Crippen LogP contribution in [0, 0.1) is 6.92 Å². The van der Waals surface area contributed by atoms with Crippen molar-refractivity contribution in [2.45, 2.75) is 37.6 Å². The summed E-state index contributed by atoms with van der Waals surface area (Å²) in [6, 6.07) is 15.9. The van der Waals surface area contributed by atoms with Gasteiger partial charge in [0, 0.05) is 17.8 Å². The molecule has 0 bridgehead atoms. The topological polar surface area (TPSA) is 69.0 Å². The predicted molar refractivity (Wildman–Crippen MR) is 117 cm³/mol. The number of benzene rings is 2. The molecule has 1 unspecified atom stereocenters. The fraction of sp³-hybridized carbons (Fsp3) is 0.318. The molecule has 0 saturated heterocycles. The molecule has 0 aliphatic heterocycles. The number of thioether (sulfide) groups is 1. The maximum Gasteiger partial charge on any atom is 0.233 e. The number of carbonyl (C=O) groups excluding carboxylic acids is 1. The van der Waals surface area contributed by atoms with Gasteiger partial charge >= 0.3 is 0 Å². The average molecular weight is 411 g/mol. The molecule has 0 spiro atoms. The number of hydrogen-bond donors (Lipinski definition) is 1. The van der Waals surface area contributed by atoms with Crippen molar-refractivity contribution in [3.05, 3.63) is 54.1 Å². The van der Waals surface area contributed by atoms with Crippen LogP contribution >= 0.6 is 11.8 Å². The fourth-order valence-electron chi connectivity index (χ4n) is 2.80. The lowest BCUT2D eigenvalue weighted by molar-refractivity contribution is -0.120. The Bertz CT molecular complexity index is 952. The van der Waals surface area contributed by atoms with E-state index >= 15 is 0 Å². The summed E-state index contributed by atoms with van der Waals surface area (Å²) in [7, 11) is 1.64. The molecule has 3 aromatic rings. The smallest absolute Gasteiger partial charge is 0.233 e. The number of carbonyl (C=O) groups is 1. The van der Waals surface area contributed by atoms with Gasteiger partial charge in [-0.05, 0) is 56.7 Å². The van der Waals surface area contributed by atoms with Gasteiger partial charge in [0.05, 0.1) is 12.4 Å². The van der Waals surface area contributed by atoms with Crippen LogP contribution in [0.1, 0.15) is 25.8 Å². The number of aryl methyl sites for hydroxylation is 1. The molecule has 1 amide bonds. The molecular formula is C22H26N4O2S. The molecule has 1 heterocycles. The third-order valence-corrected chi connectivity index (χ3v) is 5.52. The van der Waals surface area contributed by atoms with E-state index < -0.39 is 0 Å². The van der Waals surface area contributed by atoms with Crippen LogP contribution in [0.25, 0.3) is 17.1 Å². The summed E-state index contributed by atoms with van der Waals surface area (Å²) in [6.45, 7) is 6.64. The van der Waals surface area contributed by atoms with E-state index in [0.717, 1.165) is 29.2 Å². The van der Waals surface area contributed by atoms with Crippen molar-refractivity contribution in [3.8, 4) is 22.8 Å². The normalized spacial score (nSPS) is 11.9. The highest BCUT2D eigenvalue weighted by molar-refractivity contribution is 8.00. The summed E-state index contributed by atoms with van der Waals surface area (Å²) in [5, 5.41) is 12.2. The third kappa shape index (κ3) is 4.98. The van der Waals surface area contributed by atoms with E-state index in [2.05, 4.69) is 34.6 Å². The predicted octanol–water partition coefficient (Wildman–Crippen LogP) is 4.26. The SMILES string of the molecule is CCCNC(=O)C(C)Sc1nnc(-c2ccc(OC)cc2)n1-c1ccc(C)cc1. The van der Waals surface area contributed by atoms with Crippen molar-refractivity contribution >= 4 is 17.7 Å². The summed E-state index contributed by atoms with van der Waals surface area (Å²) in [4.78, 5) is 12.3. The summed E-state index contributed by atoms with van der Waals surface area (Å²) in [5.74, 6) is 1.51. The zero-order valence-corrected chi connectivity index (χ0v) is 18.0. The number of amides is 1. The van der Waals surface area contributed by atoms with Crippen molar-refractivity contribution in [3.63, 3.8) is 0 Å². The summed E-state index contributed by atoms with van der Waals surface area (Å²) in [6.07, 6.45) is 0.907. The minimum atomic E-state index is -0.279. The van der Waals surface area contributed by atoms with E-state index in [1.165, 1.54) is 17.3 Å². The van der Waals surface area contributed by atoms with Gasteiger partial charge < -0.3 is 10.1 Å². The lowest BCUT2D eigenvalue weighted by atomic mass is 10.2. The van der Waals surface area contributed by atoms with E-state index in [9.17, 15) is 4.79 Å². The second kappa shape index (κ2) is 9.60. The van der Waals surface area contributed by atoms with Crippen LogP contribution in [-0.4, -0.2) is 39.6 Å². The number of aromatic nitrogens is 3. The minimum absolute atomic E-state index is 0.00121. The molecule has 0 fully saturated rings. The van der Waals surface area contributed by atoms with Crippen molar-refractivity contribution in [2.24, 2.45) is 0 Å². The monoisotopic (exact) mass is 410 g/mol. The highest BCUT2D eigenvalue weighted by Gasteiger charge is 2.21. The Kier molecular flexibility index (Phi) is 6.93. The van der Waals surface area contributed by atoms with Gasteiger partial charge in [-0.2, -0.15) is 0 Å². The second-order valence-corrected chi connectivity index (χ2v) is 8.06. The van der Waals surface area contributed by atoms with Gasteiger partial charge in [-0.3, -0.25) is 9.36 Å². The van der Waals surface area contributed by atoms with Gasteiger partial charge in [0.15, 0.2) is 11.0 Å². The van der Waals surface area contributed by atoms with Crippen molar-refractivity contribution < 1.29 is 9.53 Å². The number of hydrogen-bond acceptors (Lipinski definition) is 5. The maximum atomic E-state index is 12.3. The molecule has 0 aliphatic rings. The molecule has 0 aliphatic carbocycles. The van der Waals surface area contributed by atoms with Gasteiger partial charge in [0.25, 0.3) is 0 Å². The van der Waals surface area contributed by atoms with Crippen molar-refractivity contribution in [2.75, 3.05) is 13.7 Å². The molecule has 152 valence electrons. The molecule has 1 aromatic heterocycles. The zero-order valence-electron chi connectivity index (χ0n) is 17.2. The van der Waals surface area contributed by atoms with Crippen LogP contribution in [0.15, 0.2) is 53.7 Å². The number of methoxy groups -OCH3 is 1. The highest BCUT2D eigenvalue weighted by Crippen LogP contribution is 2.31. The van der Waals surface area contributed by atoms with Crippen LogP contribution in [0.4, 0.5) is 0 Å². The van der Waals surface area contributed by atoms with Gasteiger partial charge in [0.1, 0.15) is 5.75 Å². The Morgan fingerprint density at radius 1 is 1.14 bits per heavy atom. The first kappa shape index (κ1) is 20.9. The molecule has 6 nitrogen and oxygen atoms in total. The molecule has 3 rings (SSSR count). The average Bonchev–Trinajstić information content (AvgIpc) is 3.16. The van der Waals surface area contributed by atoms with Crippen LogP contribution in [-0.2, 0) is 4.79 Å². The molecule has 1 atom stereocenters. The van der Waals surface area contributed by atoms with E-state index in [-0.39, 0.29) is 11.2 Å². The maximum absolute atomic E-state index is 12.3. The van der Waals surface area contributed by atoms with E-state index in [1.54, 1.807) is 7.11 Å². The van der Waals surface area contributed by atoms with E-state index in [4.69, 9.17) is 4.74 Å². The Hall–Kier alpha value is -2.80. The summed E-state index contributed by atoms with van der Waals surface area (Å²) >= 11 is 1.40. The molecule has 29 heavy (non-hydrogen) atoms. The summed E-state index contributed by atoms with van der Waals surface area (Å²) in [5.41, 5.74) is 3.05. The second-order valence-electron chi connectivity index (χ2n) is 6.76. The quantitative estimate of drug-likeness (QED) is 0.562. The number of nitrogens with zero attached hydrogens (tertiary/aromatic N) is 3. The minimum Gasteiger partial charge on any atom is -0.497 e. The van der Waals surface area contributed by atoms with Gasteiger partial charge in [0.2, 0.25) is 5.91 Å². The van der Waals surface area contributed by atoms with E-state index in [0.29, 0.717) is 11.7 Å². The fourth-order valence-corrected chi connectivity index (χ4v) is 3.70. The molecule has 7 heteroatoms. The first-order chi connectivity index (χ1) is 14.0. The number of rotatable bonds is 8. The first-order valence-corrected chi connectivity index (χ1v) is 10.5. The van der Waals surface area contributed by atoms with Gasteiger partial charge in [-0.15, -0.1) is 10.2 Å². The van der Waals surface area contributed by atoms with Gasteiger partial charge in [-0.25, -0.2) is 0 Å². The standard InChI is InChI=1S/C22H26N4O2S/c1-5-14-23-21(27)16(3)29-22-25-24-20(17-8-12-19(28-4)13-9-17)26(22)18-10-6-15(2)7-11-18/h6-13,16H,5,14H2,1-4H3,(H,23,27). The van der Waals surface area contributed by atoms with Crippen LogP contribution in [0.2, 0.25) is 0 Å². The lowest BCUT2D eigenvalue weighted by Gasteiger charge is -2.14. The van der Waals surface area contributed by atoms with Gasteiger partial charge in [-0.1, -0.05) is 36.4 Å².